The highest BCUT2D eigenvalue weighted by Gasteiger charge is 2.21. The average Bonchev–Trinajstić information content (AvgIpc) is 2.39. The van der Waals surface area contributed by atoms with Gasteiger partial charge >= 0.3 is 5.69 Å². The Balaban J connectivity index is 2.33. The van der Waals surface area contributed by atoms with Gasteiger partial charge in [0.1, 0.15) is 6.33 Å². The van der Waals surface area contributed by atoms with E-state index in [2.05, 4.69) is 9.97 Å². The van der Waals surface area contributed by atoms with E-state index in [1.807, 2.05) is 0 Å². The quantitative estimate of drug-likeness (QED) is 0.513. The minimum atomic E-state index is -0.664. The zero-order chi connectivity index (χ0) is 14.7. The van der Waals surface area contributed by atoms with Crippen LogP contribution in [-0.2, 0) is 0 Å². The van der Waals surface area contributed by atoms with E-state index in [4.69, 9.17) is 5.73 Å². The van der Waals surface area contributed by atoms with Crippen LogP contribution >= 0.6 is 11.8 Å². The van der Waals surface area contributed by atoms with Crippen LogP contribution in [0.1, 0.15) is 0 Å². The lowest BCUT2D eigenvalue weighted by Crippen LogP contribution is -2.01. The van der Waals surface area contributed by atoms with Crippen LogP contribution in [0.15, 0.2) is 40.5 Å². The summed E-state index contributed by atoms with van der Waals surface area (Å²) < 4.78 is 0. The topological polar surface area (TPSA) is 138 Å². The zero-order valence-electron chi connectivity index (χ0n) is 9.79. The molecule has 0 unspecified atom stereocenters. The highest BCUT2D eigenvalue weighted by atomic mass is 32.2. The summed E-state index contributed by atoms with van der Waals surface area (Å²) in [4.78, 5) is 28.2. The van der Waals surface area contributed by atoms with Crippen LogP contribution in [0.5, 0.6) is 0 Å². The van der Waals surface area contributed by atoms with Crippen LogP contribution in [0.25, 0.3) is 0 Å². The summed E-state index contributed by atoms with van der Waals surface area (Å²) in [7, 11) is 0. The normalized spacial score (nSPS) is 10.2. The number of nitrogens with two attached hydrogens (primary N) is 1. The molecule has 0 spiro atoms. The van der Waals surface area contributed by atoms with Gasteiger partial charge in [0.15, 0.2) is 5.03 Å². The molecule has 1 aromatic heterocycles. The van der Waals surface area contributed by atoms with Crippen molar-refractivity contribution in [3.05, 3.63) is 50.8 Å². The predicted octanol–water partition coefficient (Wildman–Crippen LogP) is 2.03. The first-order chi connectivity index (χ1) is 9.49. The van der Waals surface area contributed by atoms with Crippen molar-refractivity contribution in [3.63, 3.8) is 0 Å². The summed E-state index contributed by atoms with van der Waals surface area (Å²) in [6, 6.07) is 5.56. The van der Waals surface area contributed by atoms with Crippen LogP contribution in [0, 0.1) is 20.2 Å². The van der Waals surface area contributed by atoms with Gasteiger partial charge in [-0.15, -0.1) is 0 Å². The lowest BCUT2D eigenvalue weighted by molar-refractivity contribution is -0.387. The molecule has 0 saturated heterocycles. The number of nitro benzene ring substituents is 1. The van der Waals surface area contributed by atoms with Crippen molar-refractivity contribution in [3.8, 4) is 0 Å². The average molecular weight is 293 g/mol. The van der Waals surface area contributed by atoms with E-state index in [1.165, 1.54) is 24.3 Å². The standard InChI is InChI=1S/C10H7N5O4S/c11-9-8(15(18)19)10(13-5-12-9)20-7-3-1-6(2-4-7)14(16)17/h1-5H,(H2,11,12,13). The van der Waals surface area contributed by atoms with Gasteiger partial charge in [-0.2, -0.15) is 0 Å². The Labute approximate surface area is 116 Å². The highest BCUT2D eigenvalue weighted by molar-refractivity contribution is 7.99. The van der Waals surface area contributed by atoms with Crippen molar-refractivity contribution in [1.82, 2.24) is 9.97 Å². The summed E-state index contributed by atoms with van der Waals surface area (Å²) in [6.45, 7) is 0. The summed E-state index contributed by atoms with van der Waals surface area (Å²) in [5, 5.41) is 21.5. The molecular formula is C10H7N5O4S. The molecule has 0 bridgehead atoms. The minimum Gasteiger partial charge on any atom is -0.378 e. The fraction of sp³-hybridized carbons (Fsp3) is 0. The molecule has 0 radical (unpaired) electrons. The predicted molar refractivity (Wildman–Crippen MR) is 70.3 cm³/mol. The first-order valence-electron chi connectivity index (χ1n) is 5.16. The number of aromatic nitrogens is 2. The van der Waals surface area contributed by atoms with E-state index in [0.29, 0.717) is 4.90 Å². The van der Waals surface area contributed by atoms with E-state index in [1.54, 1.807) is 0 Å². The highest BCUT2D eigenvalue weighted by Crippen LogP contribution is 2.35. The Morgan fingerprint density at radius 3 is 2.25 bits per heavy atom. The maximum absolute atomic E-state index is 10.9. The van der Waals surface area contributed by atoms with Crippen molar-refractivity contribution < 1.29 is 9.85 Å². The second-order valence-corrected chi connectivity index (χ2v) is 4.59. The smallest absolute Gasteiger partial charge is 0.343 e. The number of benzene rings is 1. The van der Waals surface area contributed by atoms with Gasteiger partial charge in [-0.25, -0.2) is 9.97 Å². The molecule has 0 amide bonds. The summed E-state index contributed by atoms with van der Waals surface area (Å²) in [5.74, 6) is -0.227. The van der Waals surface area contributed by atoms with Gasteiger partial charge in [0, 0.05) is 17.0 Å². The van der Waals surface area contributed by atoms with Crippen LogP contribution in [0.4, 0.5) is 17.2 Å². The molecule has 0 aliphatic carbocycles. The monoisotopic (exact) mass is 293 g/mol. The first-order valence-corrected chi connectivity index (χ1v) is 5.98. The van der Waals surface area contributed by atoms with Gasteiger partial charge in [-0.05, 0) is 12.1 Å². The summed E-state index contributed by atoms with van der Waals surface area (Å²) >= 11 is 0.982. The SMILES string of the molecule is Nc1ncnc(Sc2ccc([N+](=O)[O-])cc2)c1[N+](=O)[O-]. The molecule has 1 heterocycles. The molecule has 0 aliphatic heterocycles. The molecule has 102 valence electrons. The second kappa shape index (κ2) is 5.48. The number of nitrogen functional groups attached to an aromatic ring is 1. The third-order valence-electron chi connectivity index (χ3n) is 2.26. The number of hydrogen-bond acceptors (Lipinski definition) is 8. The van der Waals surface area contributed by atoms with Crippen LogP contribution in [-0.4, -0.2) is 19.8 Å². The number of rotatable bonds is 4. The molecule has 0 fully saturated rings. The third kappa shape index (κ3) is 2.80. The molecule has 2 aromatic rings. The molecule has 10 heteroatoms. The fourth-order valence-electron chi connectivity index (χ4n) is 1.37. The van der Waals surface area contributed by atoms with Gasteiger partial charge < -0.3 is 5.73 Å². The Bertz CT molecular complexity index is 676. The Morgan fingerprint density at radius 1 is 1.05 bits per heavy atom. The van der Waals surface area contributed by atoms with Crippen molar-refractivity contribution in [1.29, 1.82) is 0 Å². The largest absolute Gasteiger partial charge is 0.378 e. The lowest BCUT2D eigenvalue weighted by atomic mass is 10.3. The number of non-ortho nitro benzene ring substituents is 1. The van der Waals surface area contributed by atoms with Gasteiger partial charge in [-0.3, -0.25) is 20.2 Å². The number of hydrogen-bond donors (Lipinski definition) is 1. The zero-order valence-corrected chi connectivity index (χ0v) is 10.6. The fourth-order valence-corrected chi connectivity index (χ4v) is 2.24. The van der Waals surface area contributed by atoms with E-state index in [0.717, 1.165) is 18.1 Å². The molecule has 2 rings (SSSR count). The maximum atomic E-state index is 10.9. The molecule has 0 aliphatic rings. The van der Waals surface area contributed by atoms with Crippen LogP contribution in [0.3, 0.4) is 0 Å². The van der Waals surface area contributed by atoms with Crippen molar-refractivity contribution in [2.75, 3.05) is 5.73 Å². The minimum absolute atomic E-state index is 0.0638. The van der Waals surface area contributed by atoms with E-state index in [-0.39, 0.29) is 22.2 Å². The summed E-state index contributed by atoms with van der Waals surface area (Å²) in [5.41, 5.74) is 5.00. The summed E-state index contributed by atoms with van der Waals surface area (Å²) in [6.07, 6.45) is 1.12. The molecule has 0 saturated carbocycles. The number of anilines is 1. The van der Waals surface area contributed by atoms with Gasteiger partial charge in [0.25, 0.3) is 5.69 Å². The van der Waals surface area contributed by atoms with E-state index in [9.17, 15) is 20.2 Å². The molecule has 20 heavy (non-hydrogen) atoms. The molecular weight excluding hydrogens is 286 g/mol. The lowest BCUT2D eigenvalue weighted by Gasteiger charge is -2.03. The Morgan fingerprint density at radius 2 is 1.70 bits per heavy atom. The number of nitrogens with zero attached hydrogens (tertiary/aromatic N) is 4. The Kier molecular flexibility index (Phi) is 3.75. The third-order valence-corrected chi connectivity index (χ3v) is 3.26. The van der Waals surface area contributed by atoms with E-state index >= 15 is 0 Å². The van der Waals surface area contributed by atoms with Crippen LogP contribution < -0.4 is 5.73 Å². The molecule has 0 atom stereocenters. The Hall–Kier alpha value is -2.75. The van der Waals surface area contributed by atoms with Gasteiger partial charge in [0.2, 0.25) is 5.82 Å². The first kappa shape index (κ1) is 13.7. The van der Waals surface area contributed by atoms with Gasteiger partial charge in [0.05, 0.1) is 9.85 Å². The van der Waals surface area contributed by atoms with Crippen molar-refractivity contribution in [2.24, 2.45) is 0 Å². The molecule has 1 aromatic carbocycles. The van der Waals surface area contributed by atoms with Crippen LogP contribution in [0.2, 0.25) is 0 Å². The van der Waals surface area contributed by atoms with Crippen molar-refractivity contribution >= 4 is 29.0 Å². The number of nitro groups is 2. The maximum Gasteiger partial charge on any atom is 0.343 e. The molecule has 2 N–H and O–H groups in total. The molecule has 9 nitrogen and oxygen atoms in total. The van der Waals surface area contributed by atoms with Gasteiger partial charge in [-0.1, -0.05) is 11.8 Å². The van der Waals surface area contributed by atoms with E-state index < -0.39 is 9.85 Å². The van der Waals surface area contributed by atoms with Crippen molar-refractivity contribution in [2.45, 2.75) is 9.92 Å². The second-order valence-electron chi connectivity index (χ2n) is 3.52.